The molecule has 1 aromatic carbocycles. The van der Waals surface area contributed by atoms with Gasteiger partial charge in [-0.15, -0.1) is 0 Å². The predicted molar refractivity (Wildman–Crippen MR) is 81.1 cm³/mol. The average Bonchev–Trinajstić information content (AvgIpc) is 2.40. The fourth-order valence-corrected chi connectivity index (χ4v) is 1.85. The van der Waals surface area contributed by atoms with Crippen molar-refractivity contribution in [3.63, 3.8) is 0 Å². The van der Waals surface area contributed by atoms with Crippen molar-refractivity contribution in [2.45, 2.75) is 39.2 Å². The van der Waals surface area contributed by atoms with Crippen LogP contribution >= 0.6 is 0 Å². The Morgan fingerprint density at radius 1 is 1.37 bits per heavy atom. The summed E-state index contributed by atoms with van der Waals surface area (Å²) in [6.07, 6.45) is 3.51. The number of nitrogens with one attached hydrogen (secondary N) is 1. The molecule has 1 atom stereocenters. The minimum absolute atomic E-state index is 0.0168. The number of rotatable bonds is 7. The Bertz CT molecular complexity index is 406. The molecule has 0 saturated heterocycles. The van der Waals surface area contributed by atoms with Crippen molar-refractivity contribution in [3.05, 3.63) is 24.3 Å². The molecular formula is C15H25N3O. The van der Waals surface area contributed by atoms with Gasteiger partial charge in [-0.2, -0.15) is 0 Å². The number of para-hydroxylation sites is 2. The fraction of sp³-hybridized carbons (Fsp3) is 0.533. The molecular weight excluding hydrogens is 238 g/mol. The fourth-order valence-electron chi connectivity index (χ4n) is 1.85. The molecule has 19 heavy (non-hydrogen) atoms. The number of amides is 1. The molecule has 1 rings (SSSR count). The number of hydrogen-bond acceptors (Lipinski definition) is 3. The van der Waals surface area contributed by atoms with E-state index in [0.29, 0.717) is 11.4 Å². The summed E-state index contributed by atoms with van der Waals surface area (Å²) in [5, 5.41) is 2.88. The van der Waals surface area contributed by atoms with Gasteiger partial charge in [0, 0.05) is 0 Å². The predicted octanol–water partition coefficient (Wildman–Crippen LogP) is 2.72. The number of unbranched alkanes of at least 4 members (excludes halogenated alkanes) is 2. The van der Waals surface area contributed by atoms with E-state index >= 15 is 0 Å². The molecule has 0 heterocycles. The van der Waals surface area contributed by atoms with Crippen molar-refractivity contribution in [1.29, 1.82) is 0 Å². The molecule has 0 aliphatic carbocycles. The van der Waals surface area contributed by atoms with Crippen LogP contribution in [0.5, 0.6) is 0 Å². The van der Waals surface area contributed by atoms with E-state index < -0.39 is 0 Å². The number of nitrogen functional groups attached to an aromatic ring is 1. The lowest BCUT2D eigenvalue weighted by atomic mass is 10.2. The molecule has 0 saturated carbocycles. The van der Waals surface area contributed by atoms with Crippen molar-refractivity contribution in [1.82, 2.24) is 4.90 Å². The minimum atomic E-state index is -0.156. The van der Waals surface area contributed by atoms with Crippen molar-refractivity contribution in [2.24, 2.45) is 0 Å². The highest BCUT2D eigenvalue weighted by atomic mass is 16.2. The normalized spacial score (nSPS) is 12.4. The van der Waals surface area contributed by atoms with Gasteiger partial charge in [0.05, 0.1) is 17.4 Å². The number of likely N-dealkylation sites (N-methyl/N-ethyl adjacent to an activating group) is 1. The van der Waals surface area contributed by atoms with Crippen LogP contribution in [0.4, 0.5) is 11.4 Å². The molecule has 3 N–H and O–H groups in total. The Balaban J connectivity index is 2.50. The van der Waals surface area contributed by atoms with Gasteiger partial charge in [0.1, 0.15) is 0 Å². The highest BCUT2D eigenvalue weighted by Crippen LogP contribution is 2.17. The maximum Gasteiger partial charge on any atom is 0.241 e. The molecule has 0 aliphatic heterocycles. The molecule has 0 aliphatic rings. The van der Waals surface area contributed by atoms with E-state index in [1.807, 2.05) is 32.2 Å². The largest absolute Gasteiger partial charge is 0.397 e. The van der Waals surface area contributed by atoms with Crippen LogP contribution < -0.4 is 11.1 Å². The quantitative estimate of drug-likeness (QED) is 0.587. The maximum atomic E-state index is 12.1. The van der Waals surface area contributed by atoms with Gasteiger partial charge in [-0.3, -0.25) is 9.69 Å². The second kappa shape index (κ2) is 7.79. The van der Waals surface area contributed by atoms with Crippen molar-refractivity contribution in [3.8, 4) is 0 Å². The van der Waals surface area contributed by atoms with Crippen LogP contribution in [0.3, 0.4) is 0 Å². The monoisotopic (exact) mass is 263 g/mol. The zero-order valence-corrected chi connectivity index (χ0v) is 12.1. The molecule has 1 unspecified atom stereocenters. The van der Waals surface area contributed by atoms with Gasteiger partial charge in [-0.1, -0.05) is 31.9 Å². The summed E-state index contributed by atoms with van der Waals surface area (Å²) in [6.45, 7) is 5.03. The molecule has 0 bridgehead atoms. The molecule has 0 fully saturated rings. The first-order valence-corrected chi connectivity index (χ1v) is 6.91. The summed E-state index contributed by atoms with van der Waals surface area (Å²) in [5.41, 5.74) is 7.09. The number of nitrogens with two attached hydrogens (primary N) is 1. The lowest BCUT2D eigenvalue weighted by Crippen LogP contribution is -2.40. The number of nitrogens with zero attached hydrogens (tertiary/aromatic N) is 1. The summed E-state index contributed by atoms with van der Waals surface area (Å²) in [7, 11) is 1.98. The highest BCUT2D eigenvalue weighted by Gasteiger charge is 2.18. The zero-order valence-electron chi connectivity index (χ0n) is 12.1. The number of anilines is 2. The van der Waals surface area contributed by atoms with Crippen molar-refractivity contribution >= 4 is 17.3 Å². The molecule has 4 heteroatoms. The van der Waals surface area contributed by atoms with E-state index in [4.69, 9.17) is 5.73 Å². The van der Waals surface area contributed by atoms with Gasteiger partial charge in [0.25, 0.3) is 0 Å². The summed E-state index contributed by atoms with van der Waals surface area (Å²) in [5.74, 6) is -0.0168. The van der Waals surface area contributed by atoms with Gasteiger partial charge < -0.3 is 11.1 Å². The van der Waals surface area contributed by atoms with E-state index in [0.717, 1.165) is 13.0 Å². The van der Waals surface area contributed by atoms with E-state index in [1.165, 1.54) is 12.8 Å². The third-order valence-corrected chi connectivity index (χ3v) is 3.37. The summed E-state index contributed by atoms with van der Waals surface area (Å²) in [6, 6.07) is 7.16. The maximum absolute atomic E-state index is 12.1. The lowest BCUT2D eigenvalue weighted by Gasteiger charge is -2.24. The first-order chi connectivity index (χ1) is 9.06. The van der Waals surface area contributed by atoms with E-state index in [1.54, 1.807) is 6.07 Å². The Hall–Kier alpha value is -1.55. The Morgan fingerprint density at radius 3 is 2.68 bits per heavy atom. The molecule has 106 valence electrons. The van der Waals surface area contributed by atoms with Crippen molar-refractivity contribution in [2.75, 3.05) is 24.6 Å². The number of hydrogen-bond donors (Lipinski definition) is 2. The topological polar surface area (TPSA) is 58.4 Å². The van der Waals surface area contributed by atoms with Crippen molar-refractivity contribution < 1.29 is 4.79 Å². The average molecular weight is 263 g/mol. The Labute approximate surface area is 116 Å². The third-order valence-electron chi connectivity index (χ3n) is 3.37. The van der Waals surface area contributed by atoms with Crippen LogP contribution in [-0.2, 0) is 4.79 Å². The number of benzene rings is 1. The van der Waals surface area contributed by atoms with E-state index in [9.17, 15) is 4.79 Å². The Morgan fingerprint density at radius 2 is 2.05 bits per heavy atom. The second-order valence-electron chi connectivity index (χ2n) is 4.94. The summed E-state index contributed by atoms with van der Waals surface area (Å²) >= 11 is 0. The summed E-state index contributed by atoms with van der Waals surface area (Å²) in [4.78, 5) is 14.2. The zero-order chi connectivity index (χ0) is 14.3. The van der Waals surface area contributed by atoms with Crippen LogP contribution in [-0.4, -0.2) is 30.4 Å². The van der Waals surface area contributed by atoms with E-state index in [-0.39, 0.29) is 11.9 Å². The molecule has 0 spiro atoms. The summed E-state index contributed by atoms with van der Waals surface area (Å²) < 4.78 is 0. The number of carbonyl (C=O) groups is 1. The standard InChI is InChI=1S/C15H25N3O/c1-4-5-8-11-18(3)12(2)15(19)17-14-10-7-6-9-13(14)16/h6-7,9-10,12H,4-5,8,11,16H2,1-3H3,(H,17,19). The lowest BCUT2D eigenvalue weighted by molar-refractivity contribution is -0.120. The smallest absolute Gasteiger partial charge is 0.241 e. The van der Waals surface area contributed by atoms with Crippen LogP contribution in [0.2, 0.25) is 0 Å². The molecule has 1 aromatic rings. The van der Waals surface area contributed by atoms with Crippen LogP contribution in [0, 0.1) is 0 Å². The molecule has 1 amide bonds. The van der Waals surface area contributed by atoms with Crippen LogP contribution in [0.1, 0.15) is 33.1 Å². The van der Waals surface area contributed by atoms with Crippen LogP contribution in [0.15, 0.2) is 24.3 Å². The molecule has 4 nitrogen and oxygen atoms in total. The second-order valence-corrected chi connectivity index (χ2v) is 4.94. The first kappa shape index (κ1) is 15.5. The Kier molecular flexibility index (Phi) is 6.36. The van der Waals surface area contributed by atoms with Gasteiger partial charge in [-0.05, 0) is 39.1 Å². The van der Waals surface area contributed by atoms with Gasteiger partial charge >= 0.3 is 0 Å². The number of carbonyl (C=O) groups excluding carboxylic acids is 1. The van der Waals surface area contributed by atoms with E-state index in [2.05, 4.69) is 17.1 Å². The SMILES string of the molecule is CCCCCN(C)C(C)C(=O)Nc1ccccc1N. The van der Waals surface area contributed by atoms with Gasteiger partial charge in [0.15, 0.2) is 0 Å². The molecule has 0 radical (unpaired) electrons. The highest BCUT2D eigenvalue weighted by molar-refractivity contribution is 5.96. The molecule has 0 aromatic heterocycles. The van der Waals surface area contributed by atoms with Crippen LogP contribution in [0.25, 0.3) is 0 Å². The van der Waals surface area contributed by atoms with Gasteiger partial charge in [0.2, 0.25) is 5.91 Å². The first-order valence-electron chi connectivity index (χ1n) is 6.91. The minimum Gasteiger partial charge on any atom is -0.397 e. The third kappa shape index (κ3) is 4.91. The van der Waals surface area contributed by atoms with Gasteiger partial charge in [-0.25, -0.2) is 0 Å².